The Kier molecular flexibility index (Phi) is 5.21. The Hall–Kier alpha value is -3.34. The fraction of sp³-hybridized carbons (Fsp3) is 0.111. The smallest absolute Gasteiger partial charge is 0.321 e. The third kappa shape index (κ3) is 4.24. The molecule has 0 fully saturated rings. The summed E-state index contributed by atoms with van der Waals surface area (Å²) in [6, 6.07) is 12.3. The first-order valence-electron chi connectivity index (χ1n) is 8.40. The predicted octanol–water partition coefficient (Wildman–Crippen LogP) is 4.37. The number of benzene rings is 2. The first-order valence-corrected chi connectivity index (χ1v) is 9.39. The Bertz CT molecular complexity index is 1150. The van der Waals surface area contributed by atoms with Crippen LogP contribution in [0.3, 0.4) is 0 Å². The summed E-state index contributed by atoms with van der Waals surface area (Å²) in [5.41, 5.74) is 7.12. The van der Waals surface area contributed by atoms with E-state index in [0.717, 1.165) is 16.3 Å². The minimum atomic E-state index is -2.73. The molecule has 2 aromatic carbocycles. The number of imidazole rings is 1. The molecular formula is C18H14F3N7S. The third-order valence-corrected chi connectivity index (χ3v) is 4.84. The van der Waals surface area contributed by atoms with E-state index in [-0.39, 0.29) is 28.6 Å². The van der Waals surface area contributed by atoms with Crippen molar-refractivity contribution < 1.29 is 13.2 Å². The number of hydrogen-bond donors (Lipinski definition) is 2. The molecule has 0 amide bonds. The summed E-state index contributed by atoms with van der Waals surface area (Å²) in [5.74, 6) is 0.218. The summed E-state index contributed by atoms with van der Waals surface area (Å²) in [6.07, 6.45) is 0. The van der Waals surface area contributed by atoms with Gasteiger partial charge < -0.3 is 11.1 Å². The lowest BCUT2D eigenvalue weighted by molar-refractivity contribution is 0.0656. The largest absolute Gasteiger partial charge is 0.368 e. The van der Waals surface area contributed by atoms with Gasteiger partial charge in [-0.2, -0.15) is 23.7 Å². The van der Waals surface area contributed by atoms with E-state index < -0.39 is 6.55 Å². The highest BCUT2D eigenvalue weighted by atomic mass is 32.2. The minimum absolute atomic E-state index is 0.0254. The second kappa shape index (κ2) is 7.95. The molecule has 0 radical (unpaired) electrons. The van der Waals surface area contributed by atoms with Crippen LogP contribution in [0.1, 0.15) is 12.4 Å². The number of nitrogens with two attached hydrogens (primary N) is 1. The van der Waals surface area contributed by atoms with E-state index in [1.165, 1.54) is 24.3 Å². The highest BCUT2D eigenvalue weighted by molar-refractivity contribution is 7.98. The number of hydrogen-bond acceptors (Lipinski definition) is 7. The van der Waals surface area contributed by atoms with Crippen molar-refractivity contribution in [1.82, 2.24) is 24.5 Å². The fourth-order valence-corrected chi connectivity index (χ4v) is 3.53. The lowest BCUT2D eigenvalue weighted by Gasteiger charge is -2.08. The standard InChI is InChI=1S/C18H14F3N7S/c19-10-5-7-11(8-6-10)23-17-26-14(25-16(22)27-17)9-29-18-24-12-3-1-2-4-13(12)28(18)15(20)21/h1-8,15H,9H2,(H3,22,23,25,26,27). The van der Waals surface area contributed by atoms with E-state index in [9.17, 15) is 13.2 Å². The van der Waals surface area contributed by atoms with Gasteiger partial charge in [0, 0.05) is 5.69 Å². The van der Waals surface area contributed by atoms with Crippen molar-refractivity contribution in [3.63, 3.8) is 0 Å². The van der Waals surface area contributed by atoms with E-state index in [1.54, 1.807) is 24.3 Å². The quantitative estimate of drug-likeness (QED) is 0.450. The van der Waals surface area contributed by atoms with E-state index in [1.807, 2.05) is 0 Å². The van der Waals surface area contributed by atoms with Crippen LogP contribution in [0.25, 0.3) is 11.0 Å². The van der Waals surface area contributed by atoms with Crippen molar-refractivity contribution in [2.24, 2.45) is 0 Å². The van der Waals surface area contributed by atoms with Gasteiger partial charge in [-0.15, -0.1) is 0 Å². The predicted molar refractivity (Wildman–Crippen MR) is 104 cm³/mol. The van der Waals surface area contributed by atoms with Crippen molar-refractivity contribution in [2.75, 3.05) is 11.1 Å². The van der Waals surface area contributed by atoms with Crippen LogP contribution in [-0.2, 0) is 5.75 Å². The molecule has 0 bridgehead atoms. The van der Waals surface area contributed by atoms with Crippen LogP contribution in [-0.4, -0.2) is 24.5 Å². The zero-order chi connectivity index (χ0) is 20.4. The molecule has 0 aliphatic rings. The average molecular weight is 417 g/mol. The SMILES string of the molecule is Nc1nc(CSc2nc3ccccc3n2C(F)F)nc(Nc2ccc(F)cc2)n1. The Labute approximate surface area is 167 Å². The highest BCUT2D eigenvalue weighted by Gasteiger charge is 2.18. The summed E-state index contributed by atoms with van der Waals surface area (Å²) in [5, 5.41) is 3.05. The summed E-state index contributed by atoms with van der Waals surface area (Å²) in [4.78, 5) is 16.5. The van der Waals surface area contributed by atoms with Crippen LogP contribution >= 0.6 is 11.8 Å². The number of para-hydroxylation sites is 2. The van der Waals surface area contributed by atoms with Crippen molar-refractivity contribution in [2.45, 2.75) is 17.5 Å². The third-order valence-electron chi connectivity index (χ3n) is 3.89. The minimum Gasteiger partial charge on any atom is -0.368 e. The summed E-state index contributed by atoms with van der Waals surface area (Å²) in [7, 11) is 0. The molecule has 0 atom stereocenters. The number of rotatable bonds is 6. The molecular weight excluding hydrogens is 403 g/mol. The van der Waals surface area contributed by atoms with Gasteiger partial charge in [0.1, 0.15) is 11.6 Å². The number of nitrogens with zero attached hydrogens (tertiary/aromatic N) is 5. The van der Waals surface area contributed by atoms with Gasteiger partial charge in [0.2, 0.25) is 11.9 Å². The van der Waals surface area contributed by atoms with E-state index >= 15 is 0 Å². The van der Waals surface area contributed by atoms with Crippen LogP contribution in [0.2, 0.25) is 0 Å². The highest BCUT2D eigenvalue weighted by Crippen LogP contribution is 2.30. The first-order chi connectivity index (χ1) is 14.0. The van der Waals surface area contributed by atoms with E-state index in [4.69, 9.17) is 5.73 Å². The molecule has 29 heavy (non-hydrogen) atoms. The van der Waals surface area contributed by atoms with Gasteiger partial charge in [-0.3, -0.25) is 4.57 Å². The Morgan fingerprint density at radius 3 is 2.52 bits per heavy atom. The molecule has 0 aliphatic heterocycles. The maximum Gasteiger partial charge on any atom is 0.321 e. The lowest BCUT2D eigenvalue weighted by atomic mass is 10.3. The van der Waals surface area contributed by atoms with Crippen molar-refractivity contribution >= 4 is 40.4 Å². The molecule has 148 valence electrons. The molecule has 3 N–H and O–H groups in total. The molecule has 0 saturated carbocycles. The van der Waals surface area contributed by atoms with Crippen molar-refractivity contribution in [3.05, 3.63) is 60.2 Å². The van der Waals surface area contributed by atoms with Gasteiger partial charge in [0.25, 0.3) is 0 Å². The number of nitrogen functional groups attached to an aromatic ring is 1. The molecule has 0 aliphatic carbocycles. The monoisotopic (exact) mass is 417 g/mol. The number of alkyl halides is 2. The maximum absolute atomic E-state index is 13.5. The van der Waals surface area contributed by atoms with Gasteiger partial charge in [0.15, 0.2) is 5.16 Å². The Morgan fingerprint density at radius 2 is 1.76 bits per heavy atom. The molecule has 2 heterocycles. The van der Waals surface area contributed by atoms with E-state index in [0.29, 0.717) is 22.5 Å². The molecule has 4 rings (SSSR count). The lowest BCUT2D eigenvalue weighted by Crippen LogP contribution is -2.07. The van der Waals surface area contributed by atoms with Crippen molar-refractivity contribution in [3.8, 4) is 0 Å². The topological polar surface area (TPSA) is 94.5 Å². The number of nitrogens with one attached hydrogen (secondary N) is 1. The van der Waals surface area contributed by atoms with Crippen LogP contribution in [0.15, 0.2) is 53.7 Å². The summed E-state index contributed by atoms with van der Waals surface area (Å²) >= 11 is 1.07. The van der Waals surface area contributed by atoms with Crippen LogP contribution in [0, 0.1) is 5.82 Å². The second-order valence-corrected chi connectivity index (χ2v) is 6.83. The number of aromatic nitrogens is 5. The van der Waals surface area contributed by atoms with Crippen LogP contribution < -0.4 is 11.1 Å². The number of anilines is 3. The summed E-state index contributed by atoms with van der Waals surface area (Å²) < 4.78 is 40.9. The molecule has 0 unspecified atom stereocenters. The van der Waals surface area contributed by atoms with Gasteiger partial charge in [0.05, 0.1) is 16.8 Å². The molecule has 0 saturated heterocycles. The first kappa shape index (κ1) is 19.0. The molecule has 7 nitrogen and oxygen atoms in total. The maximum atomic E-state index is 13.5. The Morgan fingerprint density at radius 1 is 1.00 bits per heavy atom. The molecule has 0 spiro atoms. The number of fused-ring (bicyclic) bond motifs is 1. The van der Waals surface area contributed by atoms with Crippen molar-refractivity contribution in [1.29, 1.82) is 0 Å². The van der Waals surface area contributed by atoms with Gasteiger partial charge in [-0.25, -0.2) is 9.37 Å². The summed E-state index contributed by atoms with van der Waals surface area (Å²) in [6.45, 7) is -2.73. The molecule has 2 aromatic heterocycles. The van der Waals surface area contributed by atoms with Gasteiger partial charge in [-0.05, 0) is 36.4 Å². The Balaban J connectivity index is 1.56. The zero-order valence-corrected chi connectivity index (χ0v) is 15.6. The second-order valence-electron chi connectivity index (χ2n) is 5.88. The molecule has 4 aromatic rings. The molecule has 11 heteroatoms. The van der Waals surface area contributed by atoms with Gasteiger partial charge >= 0.3 is 6.55 Å². The van der Waals surface area contributed by atoms with E-state index in [2.05, 4.69) is 25.3 Å². The zero-order valence-electron chi connectivity index (χ0n) is 14.8. The normalized spacial score (nSPS) is 11.3. The van der Waals surface area contributed by atoms with Crippen LogP contribution in [0.4, 0.5) is 30.8 Å². The van der Waals surface area contributed by atoms with Crippen LogP contribution in [0.5, 0.6) is 0 Å². The number of halogens is 3. The number of thioether (sulfide) groups is 1. The van der Waals surface area contributed by atoms with Gasteiger partial charge in [-0.1, -0.05) is 23.9 Å². The fourth-order valence-electron chi connectivity index (χ4n) is 2.66. The average Bonchev–Trinajstić information content (AvgIpc) is 3.06.